The van der Waals surface area contributed by atoms with E-state index in [9.17, 15) is 0 Å². The van der Waals surface area contributed by atoms with Crippen molar-refractivity contribution < 1.29 is 0 Å². The predicted octanol–water partition coefficient (Wildman–Crippen LogP) is 28.3. The molecule has 0 saturated heterocycles. The van der Waals surface area contributed by atoms with E-state index in [4.69, 9.17) is 19.9 Å². The molecule has 17 aromatic carbocycles. The molecule has 118 heavy (non-hydrogen) atoms. The van der Waals surface area contributed by atoms with Crippen molar-refractivity contribution in [2.45, 2.75) is 0 Å². The second kappa shape index (κ2) is 29.3. The van der Waals surface area contributed by atoms with Crippen molar-refractivity contribution in [3.05, 3.63) is 437 Å². The van der Waals surface area contributed by atoms with E-state index < -0.39 is 0 Å². The van der Waals surface area contributed by atoms with Crippen molar-refractivity contribution in [1.29, 1.82) is 0 Å². The smallest absolute Gasteiger partial charge is 0.164 e. The minimum absolute atomic E-state index is 0.629. The maximum absolute atomic E-state index is 5.10. The zero-order valence-electron chi connectivity index (χ0n) is 64.1. The first kappa shape index (κ1) is 68.9. The molecule has 0 saturated carbocycles. The summed E-state index contributed by atoms with van der Waals surface area (Å²) in [6, 6.07) is 156. The zero-order valence-corrected chi connectivity index (χ0v) is 64.1. The van der Waals surface area contributed by atoms with E-state index >= 15 is 0 Å². The molecule has 0 bridgehead atoms. The molecule has 8 heteroatoms. The van der Waals surface area contributed by atoms with Gasteiger partial charge in [-0.05, 0) is 166 Å². The van der Waals surface area contributed by atoms with Crippen LogP contribution in [0.1, 0.15) is 0 Å². The van der Waals surface area contributed by atoms with Crippen LogP contribution in [0.5, 0.6) is 0 Å². The summed E-state index contributed by atoms with van der Waals surface area (Å²) in [6.07, 6.45) is 0. The number of para-hydroxylation sites is 6. The average molecular weight is 1510 g/mol. The van der Waals surface area contributed by atoms with E-state index in [0.717, 1.165) is 89.6 Å². The Kier molecular flexibility index (Phi) is 17.1. The van der Waals surface area contributed by atoms with Crippen molar-refractivity contribution in [2.75, 3.05) is 0 Å². The first-order valence-electron chi connectivity index (χ1n) is 40.1. The van der Waals surface area contributed by atoms with Crippen LogP contribution in [0.25, 0.3) is 211 Å². The molecular weight excluding hydrogens is 1430 g/mol. The molecule has 0 aliphatic carbocycles. The summed E-state index contributed by atoms with van der Waals surface area (Å²) < 4.78 is 9.63. The second-order valence-electron chi connectivity index (χ2n) is 30.1. The van der Waals surface area contributed by atoms with Gasteiger partial charge in [0.1, 0.15) is 0 Å². The number of pyridine rings is 1. The summed E-state index contributed by atoms with van der Waals surface area (Å²) in [5, 5.41) is 9.90. The number of rotatable bonds is 13. The second-order valence-corrected chi connectivity index (χ2v) is 30.1. The predicted molar refractivity (Wildman–Crippen MR) is 490 cm³/mol. The van der Waals surface area contributed by atoms with Crippen LogP contribution < -0.4 is 0 Å². The molecule has 0 atom stereocenters. The lowest BCUT2D eigenvalue weighted by atomic mass is 9.96. The standard InChI is InChI=1S/C57H37N5.C53H35N3/c1-4-16-38(17-5-1)42-20-14-22-44(34-42)57-59-55(40-18-6-2-7-19-40)58-56(60-57)41-32-30-39(31-33-41)43-21-15-25-46(35-43)62-52-29-13-11-27-48(52)50-36-53-49(37-54(50)62)47-26-10-12-28-51(47)61(53)45-23-8-3-9-24-45;1-4-15-37(16-5-1)48-32-41(33-49(54-48)38-17-6-2-7-18-38)40-20-14-19-39(31-40)36-27-29-43(30-28-36)56-51-26-13-11-24-45(51)47-34-52-46(35-53(47)56)44-23-10-12-25-50(44)55(52)42-21-8-3-9-22-42/h1-37H;1-35H. The van der Waals surface area contributed by atoms with Crippen molar-refractivity contribution in [3.63, 3.8) is 0 Å². The minimum atomic E-state index is 0.629. The third-order valence-corrected chi connectivity index (χ3v) is 23.1. The van der Waals surface area contributed by atoms with Gasteiger partial charge < -0.3 is 18.3 Å². The normalized spacial score (nSPS) is 11.6. The molecule has 0 spiro atoms. The van der Waals surface area contributed by atoms with Gasteiger partial charge in [0.2, 0.25) is 0 Å². The highest BCUT2D eigenvalue weighted by atomic mass is 15.0. The lowest BCUT2D eigenvalue weighted by Gasteiger charge is -2.12. The molecule has 0 unspecified atom stereocenters. The first-order valence-corrected chi connectivity index (χ1v) is 40.1. The molecule has 8 nitrogen and oxygen atoms in total. The van der Waals surface area contributed by atoms with Gasteiger partial charge in [-0.1, -0.05) is 315 Å². The van der Waals surface area contributed by atoms with Gasteiger partial charge in [0, 0.05) is 93.7 Å². The zero-order chi connectivity index (χ0) is 78.0. The van der Waals surface area contributed by atoms with E-state index in [-0.39, 0.29) is 0 Å². The van der Waals surface area contributed by atoms with Gasteiger partial charge >= 0.3 is 0 Å². The van der Waals surface area contributed by atoms with Gasteiger partial charge in [-0.15, -0.1) is 0 Å². The molecule has 23 rings (SSSR count). The van der Waals surface area contributed by atoms with Crippen molar-refractivity contribution >= 4 is 87.2 Å². The fourth-order valence-corrected chi connectivity index (χ4v) is 17.5. The summed E-state index contributed by atoms with van der Waals surface area (Å²) in [5.74, 6) is 1.90. The van der Waals surface area contributed by atoms with Crippen LogP contribution in [0.15, 0.2) is 437 Å². The molecule has 552 valence electrons. The topological polar surface area (TPSA) is 71.3 Å². The van der Waals surface area contributed by atoms with Crippen molar-refractivity contribution in [2.24, 2.45) is 0 Å². The Morgan fingerprint density at radius 1 is 0.127 bits per heavy atom. The number of fused-ring (bicyclic) bond motifs is 12. The summed E-state index contributed by atoms with van der Waals surface area (Å²) in [4.78, 5) is 20.2. The summed E-state index contributed by atoms with van der Waals surface area (Å²) in [5.41, 5.74) is 30.2. The minimum Gasteiger partial charge on any atom is -0.309 e. The lowest BCUT2D eigenvalue weighted by molar-refractivity contribution is 1.07. The molecule has 0 aliphatic heterocycles. The van der Waals surface area contributed by atoms with Crippen LogP contribution in [-0.4, -0.2) is 38.2 Å². The Morgan fingerprint density at radius 3 is 0.797 bits per heavy atom. The quantitative estimate of drug-likeness (QED) is 0.115. The SMILES string of the molecule is c1ccc(-c2cc(-c3cccc(-c4ccc(-n5c6ccccc6c6cc7c(cc65)c5ccccc5n7-c5ccccc5)cc4)c3)cc(-c3ccccc3)n2)cc1.c1ccc(-c2cccc(-c3nc(-c4ccccc4)nc(-c4ccc(-c5cccc(-n6c7ccccc7c7cc8c(cc76)c6ccccc6n8-c6ccccc6)c5)cc4)n3)c2)cc1. The monoisotopic (exact) mass is 1500 g/mol. The highest BCUT2D eigenvalue weighted by Gasteiger charge is 2.23. The van der Waals surface area contributed by atoms with Gasteiger partial charge in [-0.3, -0.25) is 0 Å². The molecule has 0 fully saturated rings. The van der Waals surface area contributed by atoms with E-state index in [0.29, 0.717) is 17.5 Å². The van der Waals surface area contributed by atoms with Crippen LogP contribution >= 0.6 is 0 Å². The molecule has 0 aliphatic rings. The fraction of sp³-hybridized carbons (Fsp3) is 0. The van der Waals surface area contributed by atoms with Crippen LogP contribution in [0.2, 0.25) is 0 Å². The Labute approximate surface area is 681 Å². The van der Waals surface area contributed by atoms with Crippen molar-refractivity contribution in [3.8, 4) is 124 Å². The van der Waals surface area contributed by atoms with E-state index in [1.54, 1.807) is 0 Å². The Bertz CT molecular complexity index is 7690. The van der Waals surface area contributed by atoms with Gasteiger partial charge in [-0.2, -0.15) is 0 Å². The number of benzene rings is 17. The highest BCUT2D eigenvalue weighted by molar-refractivity contribution is 6.21. The highest BCUT2D eigenvalue weighted by Crippen LogP contribution is 2.44. The number of hydrogen-bond donors (Lipinski definition) is 0. The summed E-state index contributed by atoms with van der Waals surface area (Å²) in [7, 11) is 0. The first-order chi connectivity index (χ1) is 58.5. The van der Waals surface area contributed by atoms with Crippen LogP contribution in [0.4, 0.5) is 0 Å². The number of aromatic nitrogens is 8. The Hall–Kier alpha value is -15.9. The molecular formula is C110H72N8. The molecule has 6 aromatic heterocycles. The van der Waals surface area contributed by atoms with Gasteiger partial charge in [-0.25, -0.2) is 19.9 Å². The number of nitrogens with zero attached hydrogens (tertiary/aromatic N) is 8. The molecule has 6 heterocycles. The molecule has 0 amide bonds. The average Bonchev–Trinajstić information content (AvgIpc) is 1.56. The Morgan fingerprint density at radius 2 is 0.381 bits per heavy atom. The lowest BCUT2D eigenvalue weighted by Crippen LogP contribution is -2.00. The maximum Gasteiger partial charge on any atom is 0.164 e. The summed E-state index contributed by atoms with van der Waals surface area (Å²) in [6.45, 7) is 0. The molecule has 0 N–H and O–H groups in total. The van der Waals surface area contributed by atoms with E-state index in [1.807, 2.05) is 48.5 Å². The Balaban J connectivity index is 0.000000143. The molecule has 23 aromatic rings. The van der Waals surface area contributed by atoms with Gasteiger partial charge in [0.25, 0.3) is 0 Å². The van der Waals surface area contributed by atoms with Crippen LogP contribution in [0, 0.1) is 0 Å². The van der Waals surface area contributed by atoms with Crippen LogP contribution in [0.3, 0.4) is 0 Å². The van der Waals surface area contributed by atoms with Crippen LogP contribution in [-0.2, 0) is 0 Å². The third kappa shape index (κ3) is 12.4. The summed E-state index contributed by atoms with van der Waals surface area (Å²) >= 11 is 0. The maximum atomic E-state index is 5.10. The van der Waals surface area contributed by atoms with E-state index in [2.05, 4.69) is 407 Å². The fourth-order valence-electron chi connectivity index (χ4n) is 17.5. The largest absolute Gasteiger partial charge is 0.309 e. The number of hydrogen-bond acceptors (Lipinski definition) is 4. The van der Waals surface area contributed by atoms with Gasteiger partial charge in [0.15, 0.2) is 17.5 Å². The van der Waals surface area contributed by atoms with E-state index in [1.165, 1.54) is 104 Å². The van der Waals surface area contributed by atoms with Crippen molar-refractivity contribution in [1.82, 2.24) is 38.2 Å². The van der Waals surface area contributed by atoms with Gasteiger partial charge in [0.05, 0.1) is 55.5 Å². The third-order valence-electron chi connectivity index (χ3n) is 23.1. The molecule has 0 radical (unpaired) electrons.